The summed E-state index contributed by atoms with van der Waals surface area (Å²) >= 11 is 0. The standard InChI is InChI=1S/C24H24N4O/c1-15-11-12-18-19-9-5-14-26-24(19)29-22(18)21(15)28-16(2)27(17-7-3-4-8-17)20-10-6-13-25-23(20)28/h5-6,9-14,16-17H,3-4,7-8H2,1-2H3/t16-/m0/s1. The molecule has 0 spiro atoms. The van der Waals surface area contributed by atoms with Crippen molar-refractivity contribution in [1.29, 1.82) is 0 Å². The van der Waals surface area contributed by atoms with E-state index in [1.54, 1.807) is 6.20 Å². The number of aromatic nitrogens is 2. The van der Waals surface area contributed by atoms with Crippen molar-refractivity contribution in [3.05, 3.63) is 54.4 Å². The number of fused-ring (bicyclic) bond motifs is 4. The molecule has 5 nitrogen and oxygen atoms in total. The summed E-state index contributed by atoms with van der Waals surface area (Å²) in [7, 11) is 0. The van der Waals surface area contributed by atoms with Crippen LogP contribution >= 0.6 is 0 Å². The minimum atomic E-state index is 0.188. The van der Waals surface area contributed by atoms with Gasteiger partial charge in [-0.15, -0.1) is 0 Å². The Labute approximate surface area is 170 Å². The third kappa shape index (κ3) is 2.33. The van der Waals surface area contributed by atoms with Gasteiger partial charge in [-0.25, -0.2) is 9.97 Å². The lowest BCUT2D eigenvalue weighted by atomic mass is 10.1. The van der Waals surface area contributed by atoms with Crippen LogP contribution in [0.2, 0.25) is 0 Å². The minimum absolute atomic E-state index is 0.188. The van der Waals surface area contributed by atoms with Crippen molar-refractivity contribution in [3.63, 3.8) is 0 Å². The molecule has 1 aliphatic carbocycles. The highest BCUT2D eigenvalue weighted by atomic mass is 16.3. The van der Waals surface area contributed by atoms with E-state index in [0.717, 1.165) is 27.9 Å². The van der Waals surface area contributed by atoms with Crippen molar-refractivity contribution in [1.82, 2.24) is 9.97 Å². The zero-order valence-electron chi connectivity index (χ0n) is 16.8. The maximum Gasteiger partial charge on any atom is 0.227 e. The molecule has 4 aromatic rings. The second-order valence-electron chi connectivity index (χ2n) is 8.26. The van der Waals surface area contributed by atoms with Crippen LogP contribution in [0.1, 0.15) is 38.2 Å². The summed E-state index contributed by atoms with van der Waals surface area (Å²) in [6, 6.07) is 13.2. The zero-order chi connectivity index (χ0) is 19.5. The molecule has 0 amide bonds. The largest absolute Gasteiger partial charge is 0.435 e. The van der Waals surface area contributed by atoms with Crippen LogP contribution in [0, 0.1) is 6.92 Å². The molecule has 1 saturated carbocycles. The van der Waals surface area contributed by atoms with Crippen molar-refractivity contribution in [2.24, 2.45) is 0 Å². The predicted molar refractivity (Wildman–Crippen MR) is 117 cm³/mol. The smallest absolute Gasteiger partial charge is 0.227 e. The third-order valence-electron chi connectivity index (χ3n) is 6.60. The Balaban J connectivity index is 1.60. The molecule has 3 aromatic heterocycles. The Morgan fingerprint density at radius 1 is 0.966 bits per heavy atom. The molecule has 0 unspecified atom stereocenters. The van der Waals surface area contributed by atoms with Crippen LogP contribution in [0.3, 0.4) is 0 Å². The molecule has 1 fully saturated rings. The Morgan fingerprint density at radius 3 is 2.62 bits per heavy atom. The predicted octanol–water partition coefficient (Wildman–Crippen LogP) is 5.93. The lowest BCUT2D eigenvalue weighted by molar-refractivity contribution is 0.553. The molecule has 0 bridgehead atoms. The highest BCUT2D eigenvalue weighted by Gasteiger charge is 2.41. The molecule has 29 heavy (non-hydrogen) atoms. The molecule has 0 radical (unpaired) electrons. The minimum Gasteiger partial charge on any atom is -0.435 e. The normalized spacial score (nSPS) is 19.6. The molecule has 1 aliphatic heterocycles. The fraction of sp³-hybridized carbons (Fsp3) is 0.333. The van der Waals surface area contributed by atoms with E-state index in [4.69, 9.17) is 9.40 Å². The summed E-state index contributed by atoms with van der Waals surface area (Å²) < 4.78 is 6.30. The van der Waals surface area contributed by atoms with E-state index < -0.39 is 0 Å². The fourth-order valence-electron chi connectivity index (χ4n) is 5.31. The second-order valence-corrected chi connectivity index (χ2v) is 8.26. The van der Waals surface area contributed by atoms with Crippen LogP contribution < -0.4 is 9.80 Å². The van der Waals surface area contributed by atoms with Crippen molar-refractivity contribution in [3.8, 4) is 0 Å². The number of rotatable bonds is 2. The van der Waals surface area contributed by atoms with Crippen LogP contribution in [0.25, 0.3) is 22.1 Å². The van der Waals surface area contributed by atoms with Gasteiger partial charge in [-0.2, -0.15) is 0 Å². The van der Waals surface area contributed by atoms with Crippen LogP contribution in [0.5, 0.6) is 0 Å². The van der Waals surface area contributed by atoms with Crippen LogP contribution in [-0.2, 0) is 0 Å². The lowest BCUT2D eigenvalue weighted by Gasteiger charge is -2.34. The molecule has 2 aliphatic rings. The van der Waals surface area contributed by atoms with Crippen molar-refractivity contribution < 1.29 is 4.42 Å². The van der Waals surface area contributed by atoms with Crippen molar-refractivity contribution >= 4 is 39.3 Å². The SMILES string of the molecule is Cc1ccc2c(oc3ncccc32)c1N1c2ncccc2N(C2CCCC2)[C@@H]1C. The first-order valence-corrected chi connectivity index (χ1v) is 10.5. The second kappa shape index (κ2) is 6.21. The molecule has 4 heterocycles. The maximum absolute atomic E-state index is 6.30. The maximum atomic E-state index is 6.30. The number of hydrogen-bond acceptors (Lipinski definition) is 5. The summed E-state index contributed by atoms with van der Waals surface area (Å²) in [6.07, 6.45) is 9.00. The van der Waals surface area contributed by atoms with E-state index in [9.17, 15) is 0 Å². The van der Waals surface area contributed by atoms with Crippen molar-refractivity contribution in [2.45, 2.75) is 51.7 Å². The van der Waals surface area contributed by atoms with Gasteiger partial charge in [0.25, 0.3) is 0 Å². The number of hydrogen-bond donors (Lipinski definition) is 0. The average molecular weight is 384 g/mol. The van der Waals surface area contributed by atoms with E-state index >= 15 is 0 Å². The summed E-state index contributed by atoms with van der Waals surface area (Å²) in [5.41, 5.74) is 5.12. The molecular formula is C24H24N4O. The van der Waals surface area contributed by atoms with Gasteiger partial charge < -0.3 is 14.2 Å². The molecule has 6 rings (SSSR count). The van der Waals surface area contributed by atoms with Gasteiger partial charge in [0.05, 0.1) is 11.4 Å². The Bertz CT molecular complexity index is 1220. The Kier molecular flexibility index (Phi) is 3.60. The van der Waals surface area contributed by atoms with E-state index in [1.165, 1.54) is 36.9 Å². The average Bonchev–Trinajstić information content (AvgIpc) is 3.44. The van der Waals surface area contributed by atoms with Gasteiger partial charge in [0.1, 0.15) is 6.17 Å². The molecule has 146 valence electrons. The Morgan fingerprint density at radius 2 is 1.76 bits per heavy atom. The van der Waals surface area contributed by atoms with Gasteiger partial charge in [0.15, 0.2) is 11.4 Å². The van der Waals surface area contributed by atoms with Crippen molar-refractivity contribution in [2.75, 3.05) is 9.80 Å². The van der Waals surface area contributed by atoms with E-state index in [-0.39, 0.29) is 6.17 Å². The number of furan rings is 1. The molecule has 1 atom stereocenters. The van der Waals surface area contributed by atoms with E-state index in [1.807, 2.05) is 12.3 Å². The fourth-order valence-corrected chi connectivity index (χ4v) is 5.31. The topological polar surface area (TPSA) is 45.4 Å². The number of nitrogens with zero attached hydrogens (tertiary/aromatic N) is 4. The number of benzene rings is 1. The summed E-state index contributed by atoms with van der Waals surface area (Å²) in [5.74, 6) is 1.02. The van der Waals surface area contributed by atoms with Gasteiger partial charge in [-0.3, -0.25) is 0 Å². The van der Waals surface area contributed by atoms with Gasteiger partial charge >= 0.3 is 0 Å². The highest BCUT2D eigenvalue weighted by molar-refractivity contribution is 6.09. The van der Waals surface area contributed by atoms with Crippen LogP contribution in [0.15, 0.2) is 53.2 Å². The molecule has 5 heteroatoms. The highest BCUT2D eigenvalue weighted by Crippen LogP contribution is 2.49. The molecule has 0 N–H and O–H groups in total. The summed E-state index contributed by atoms with van der Waals surface area (Å²) in [5, 5.41) is 2.17. The van der Waals surface area contributed by atoms with Gasteiger partial charge in [0.2, 0.25) is 5.71 Å². The first kappa shape index (κ1) is 16.8. The zero-order valence-corrected chi connectivity index (χ0v) is 16.8. The molecule has 1 aromatic carbocycles. The quantitative estimate of drug-likeness (QED) is 0.428. The summed E-state index contributed by atoms with van der Waals surface area (Å²) in [4.78, 5) is 14.2. The number of anilines is 3. The van der Waals surface area contributed by atoms with Crippen LogP contribution in [-0.4, -0.2) is 22.2 Å². The number of pyridine rings is 2. The number of aryl methyl sites for hydroxylation is 1. The van der Waals surface area contributed by atoms with E-state index in [2.05, 4.69) is 59.0 Å². The third-order valence-corrected chi connectivity index (χ3v) is 6.60. The Hall–Kier alpha value is -3.08. The first-order valence-electron chi connectivity index (χ1n) is 10.5. The monoisotopic (exact) mass is 384 g/mol. The lowest BCUT2D eigenvalue weighted by Crippen LogP contribution is -2.44. The first-order chi connectivity index (χ1) is 14.2. The molecule has 0 saturated heterocycles. The van der Waals surface area contributed by atoms with Gasteiger partial charge in [-0.1, -0.05) is 25.0 Å². The van der Waals surface area contributed by atoms with E-state index in [0.29, 0.717) is 11.8 Å². The van der Waals surface area contributed by atoms with Crippen LogP contribution in [0.4, 0.5) is 17.2 Å². The molecular weight excluding hydrogens is 360 g/mol. The summed E-state index contributed by atoms with van der Waals surface area (Å²) in [6.45, 7) is 4.45. The van der Waals surface area contributed by atoms with Gasteiger partial charge in [0, 0.05) is 29.2 Å². The van der Waals surface area contributed by atoms with Gasteiger partial charge in [-0.05, 0) is 56.5 Å².